The summed E-state index contributed by atoms with van der Waals surface area (Å²) in [5.74, 6) is -1.17. The van der Waals surface area contributed by atoms with Gasteiger partial charge in [0, 0.05) is 22.8 Å². The van der Waals surface area contributed by atoms with Crippen LogP contribution in [0.4, 0.5) is 15.8 Å². The van der Waals surface area contributed by atoms with Gasteiger partial charge in [0.05, 0.1) is 24.3 Å². The van der Waals surface area contributed by atoms with Gasteiger partial charge in [0.15, 0.2) is 0 Å². The van der Waals surface area contributed by atoms with Crippen molar-refractivity contribution < 1.29 is 19.0 Å². The van der Waals surface area contributed by atoms with E-state index in [4.69, 9.17) is 4.74 Å². The second-order valence-electron chi connectivity index (χ2n) is 4.85. The van der Waals surface area contributed by atoms with Crippen LogP contribution in [-0.4, -0.2) is 18.1 Å². The number of nitrogens with zero attached hydrogens (tertiary/aromatic N) is 1. The van der Waals surface area contributed by atoms with Crippen molar-refractivity contribution in [3.63, 3.8) is 0 Å². The maximum Gasteiger partial charge on any atom is 0.123 e. The molecule has 0 radical (unpaired) electrons. The predicted molar refractivity (Wildman–Crippen MR) is 82.3 cm³/mol. The van der Waals surface area contributed by atoms with Gasteiger partial charge in [-0.25, -0.2) is 4.39 Å². The van der Waals surface area contributed by atoms with Gasteiger partial charge in [-0.1, -0.05) is 0 Å². The first-order valence-corrected chi connectivity index (χ1v) is 6.79. The van der Waals surface area contributed by atoms with E-state index in [0.717, 1.165) is 0 Å². The van der Waals surface area contributed by atoms with E-state index in [9.17, 15) is 14.3 Å². The van der Waals surface area contributed by atoms with Crippen LogP contribution in [0.3, 0.4) is 0 Å². The second-order valence-corrected chi connectivity index (χ2v) is 4.85. The summed E-state index contributed by atoms with van der Waals surface area (Å²) in [6, 6.07) is 10.7. The summed E-state index contributed by atoms with van der Waals surface area (Å²) in [6.07, 6.45) is 1.23. The van der Waals surface area contributed by atoms with E-state index in [0.29, 0.717) is 28.0 Å². The lowest BCUT2D eigenvalue weighted by atomic mass is 10.1. The van der Waals surface area contributed by atoms with E-state index in [-0.39, 0.29) is 11.4 Å². The smallest absolute Gasteiger partial charge is 0.123 e. The number of hydrogen-bond acceptors (Lipinski definition) is 5. The minimum Gasteiger partial charge on any atom is -0.545 e. The number of carboxylic acids is 1. The molecule has 1 aromatic heterocycles. The molecule has 0 saturated heterocycles. The summed E-state index contributed by atoms with van der Waals surface area (Å²) >= 11 is 0. The Hall–Kier alpha value is -3.15. The number of carbonyl (C=O) groups excluding carboxylic acids is 1. The van der Waals surface area contributed by atoms with E-state index < -0.39 is 5.97 Å². The first kappa shape index (κ1) is 14.8. The number of ether oxygens (including phenoxy) is 1. The lowest BCUT2D eigenvalue weighted by Crippen LogP contribution is -2.23. The molecule has 1 N–H and O–H groups in total. The SMILES string of the molecule is COc1ccc2ncc(C(=O)[O-])c(Nc3ccc(F)cc3)c2c1. The number of anilines is 2. The molecule has 0 saturated carbocycles. The molecule has 116 valence electrons. The average Bonchev–Trinajstić information content (AvgIpc) is 2.56. The molecule has 0 aliphatic heterocycles. The minimum atomic E-state index is -1.35. The Morgan fingerprint density at radius 3 is 2.61 bits per heavy atom. The van der Waals surface area contributed by atoms with Gasteiger partial charge in [0.2, 0.25) is 0 Å². The van der Waals surface area contributed by atoms with Gasteiger partial charge in [-0.2, -0.15) is 0 Å². The maximum atomic E-state index is 13.0. The highest BCUT2D eigenvalue weighted by Gasteiger charge is 2.11. The monoisotopic (exact) mass is 311 g/mol. The standard InChI is InChI=1S/C17H13FN2O3/c1-23-12-6-7-15-13(8-12)16(14(9-19-15)17(21)22)20-11-4-2-10(18)3-5-11/h2-9H,1H3,(H,19,20)(H,21,22)/p-1. The van der Waals surface area contributed by atoms with Crippen molar-refractivity contribution in [3.8, 4) is 5.75 Å². The number of aromatic carboxylic acids is 1. The molecular formula is C17H12FN2O3-. The minimum absolute atomic E-state index is 0.0879. The molecule has 0 spiro atoms. The van der Waals surface area contributed by atoms with Crippen LogP contribution in [0.25, 0.3) is 10.9 Å². The van der Waals surface area contributed by atoms with E-state index >= 15 is 0 Å². The molecule has 0 atom stereocenters. The van der Waals surface area contributed by atoms with Crippen molar-refractivity contribution in [2.75, 3.05) is 12.4 Å². The Labute approximate surface area is 131 Å². The molecule has 23 heavy (non-hydrogen) atoms. The summed E-state index contributed by atoms with van der Waals surface area (Å²) in [6.45, 7) is 0. The molecule has 0 fully saturated rings. The highest BCUT2D eigenvalue weighted by molar-refractivity contribution is 6.05. The Morgan fingerprint density at radius 1 is 1.22 bits per heavy atom. The molecule has 0 unspecified atom stereocenters. The van der Waals surface area contributed by atoms with Crippen molar-refractivity contribution in [1.29, 1.82) is 0 Å². The number of fused-ring (bicyclic) bond motifs is 1. The number of rotatable bonds is 4. The Morgan fingerprint density at radius 2 is 1.96 bits per heavy atom. The summed E-state index contributed by atoms with van der Waals surface area (Å²) in [4.78, 5) is 15.5. The zero-order valence-electron chi connectivity index (χ0n) is 12.2. The number of aromatic nitrogens is 1. The van der Waals surface area contributed by atoms with Gasteiger partial charge in [-0.15, -0.1) is 0 Å². The Bertz CT molecular complexity index is 879. The fourth-order valence-electron chi connectivity index (χ4n) is 2.27. The molecule has 1 heterocycles. The van der Waals surface area contributed by atoms with Crippen LogP contribution in [0.15, 0.2) is 48.7 Å². The maximum absolute atomic E-state index is 13.0. The molecule has 6 heteroatoms. The van der Waals surface area contributed by atoms with Crippen LogP contribution in [0.1, 0.15) is 10.4 Å². The zero-order valence-corrected chi connectivity index (χ0v) is 12.2. The molecule has 0 amide bonds. The number of carboxylic acid groups (broad SMARTS) is 1. The number of methoxy groups -OCH3 is 1. The average molecular weight is 311 g/mol. The highest BCUT2D eigenvalue weighted by atomic mass is 19.1. The summed E-state index contributed by atoms with van der Waals surface area (Å²) in [5, 5.41) is 14.9. The van der Waals surface area contributed by atoms with Crippen molar-refractivity contribution in [1.82, 2.24) is 4.98 Å². The third-order valence-corrected chi connectivity index (χ3v) is 3.41. The molecule has 3 rings (SSSR count). The predicted octanol–water partition coefficient (Wildman–Crippen LogP) is 2.49. The van der Waals surface area contributed by atoms with Crippen LogP contribution in [0, 0.1) is 5.82 Å². The van der Waals surface area contributed by atoms with Crippen molar-refractivity contribution in [2.45, 2.75) is 0 Å². The van der Waals surface area contributed by atoms with Gasteiger partial charge < -0.3 is 20.0 Å². The first-order valence-electron chi connectivity index (χ1n) is 6.79. The number of nitrogens with one attached hydrogen (secondary N) is 1. The fourth-order valence-corrected chi connectivity index (χ4v) is 2.27. The Balaban J connectivity index is 2.19. The van der Waals surface area contributed by atoms with Crippen LogP contribution in [-0.2, 0) is 0 Å². The van der Waals surface area contributed by atoms with Crippen LogP contribution < -0.4 is 15.2 Å². The summed E-state index contributed by atoms with van der Waals surface area (Å²) < 4.78 is 18.2. The molecule has 2 aromatic carbocycles. The van der Waals surface area contributed by atoms with Gasteiger partial charge in [0.25, 0.3) is 0 Å². The van der Waals surface area contributed by atoms with Gasteiger partial charge in [-0.05, 0) is 42.5 Å². The first-order chi connectivity index (χ1) is 11.1. The molecule has 0 aliphatic carbocycles. The van der Waals surface area contributed by atoms with Gasteiger partial charge >= 0.3 is 0 Å². The van der Waals surface area contributed by atoms with Crippen molar-refractivity contribution in [2.24, 2.45) is 0 Å². The lowest BCUT2D eigenvalue weighted by Gasteiger charge is -2.16. The number of hydrogen-bond donors (Lipinski definition) is 1. The van der Waals surface area contributed by atoms with E-state index in [1.807, 2.05) is 0 Å². The van der Waals surface area contributed by atoms with Gasteiger partial charge in [0.1, 0.15) is 11.6 Å². The third kappa shape index (κ3) is 2.91. The van der Waals surface area contributed by atoms with Crippen LogP contribution in [0.5, 0.6) is 5.75 Å². The molecule has 3 aromatic rings. The Kier molecular flexibility index (Phi) is 3.80. The highest BCUT2D eigenvalue weighted by Crippen LogP contribution is 2.31. The van der Waals surface area contributed by atoms with E-state index in [2.05, 4.69) is 10.3 Å². The summed E-state index contributed by atoms with van der Waals surface area (Å²) in [5.41, 5.74) is 1.38. The third-order valence-electron chi connectivity index (χ3n) is 3.41. The lowest BCUT2D eigenvalue weighted by molar-refractivity contribution is -0.254. The van der Waals surface area contributed by atoms with Crippen molar-refractivity contribution in [3.05, 3.63) is 60.0 Å². The second kappa shape index (κ2) is 5.92. The largest absolute Gasteiger partial charge is 0.545 e. The number of carbonyl (C=O) groups is 1. The summed E-state index contributed by atoms with van der Waals surface area (Å²) in [7, 11) is 1.52. The quantitative estimate of drug-likeness (QED) is 0.801. The number of halogens is 1. The number of pyridine rings is 1. The fraction of sp³-hybridized carbons (Fsp3) is 0.0588. The van der Waals surface area contributed by atoms with E-state index in [1.54, 1.807) is 18.2 Å². The molecule has 5 nitrogen and oxygen atoms in total. The topological polar surface area (TPSA) is 74.3 Å². The molecular weight excluding hydrogens is 299 g/mol. The van der Waals surface area contributed by atoms with Crippen LogP contribution in [0.2, 0.25) is 0 Å². The zero-order chi connectivity index (χ0) is 16.4. The molecule has 0 aliphatic rings. The number of benzene rings is 2. The normalized spacial score (nSPS) is 10.5. The van der Waals surface area contributed by atoms with Crippen LogP contribution >= 0.6 is 0 Å². The molecule has 0 bridgehead atoms. The van der Waals surface area contributed by atoms with Crippen molar-refractivity contribution >= 4 is 28.2 Å². The van der Waals surface area contributed by atoms with E-state index in [1.165, 1.54) is 37.6 Å². The van der Waals surface area contributed by atoms with Gasteiger partial charge in [-0.3, -0.25) is 4.98 Å².